The Morgan fingerprint density at radius 2 is 1.50 bits per heavy atom. The van der Waals surface area contributed by atoms with E-state index < -0.39 is 0 Å². The monoisotopic (exact) mass is 294 g/mol. The number of benzene rings is 2. The molecule has 0 heteroatoms. The van der Waals surface area contributed by atoms with Gasteiger partial charge in [0, 0.05) is 0 Å². The molecule has 0 radical (unpaired) electrons. The molecule has 2 aromatic carbocycles. The normalized spacial score (nSPS) is 13.1. The van der Waals surface area contributed by atoms with Gasteiger partial charge in [0.1, 0.15) is 0 Å². The van der Waals surface area contributed by atoms with E-state index in [1.807, 2.05) is 0 Å². The first kappa shape index (κ1) is 16.8. The van der Waals surface area contributed by atoms with Crippen molar-refractivity contribution in [2.75, 3.05) is 0 Å². The summed E-state index contributed by atoms with van der Waals surface area (Å²) in [6, 6.07) is 11.5. The molecule has 0 heterocycles. The maximum absolute atomic E-state index is 2.34. The van der Waals surface area contributed by atoms with Crippen LogP contribution in [-0.2, 0) is 12.8 Å². The van der Waals surface area contributed by atoms with Crippen molar-refractivity contribution >= 4 is 0 Å². The van der Waals surface area contributed by atoms with Crippen LogP contribution in [0.4, 0.5) is 0 Å². The summed E-state index contributed by atoms with van der Waals surface area (Å²) in [6.07, 6.45) is 6.45. The van der Waals surface area contributed by atoms with Crippen LogP contribution in [0.25, 0.3) is 11.1 Å². The van der Waals surface area contributed by atoms with Crippen LogP contribution in [0.5, 0.6) is 0 Å². The van der Waals surface area contributed by atoms with Gasteiger partial charge in [-0.1, -0.05) is 56.2 Å². The molecule has 1 aliphatic carbocycles. The minimum absolute atomic E-state index is 1.25. The van der Waals surface area contributed by atoms with Crippen LogP contribution >= 0.6 is 0 Å². The number of aryl methyl sites for hydroxylation is 4. The lowest BCUT2D eigenvalue weighted by Crippen LogP contribution is -2.06. The number of hydrogen-bond acceptors (Lipinski definition) is 0. The third-order valence-electron chi connectivity index (χ3n) is 4.39. The van der Waals surface area contributed by atoms with Gasteiger partial charge in [-0.2, -0.15) is 0 Å². The van der Waals surface area contributed by atoms with Gasteiger partial charge in [0.25, 0.3) is 0 Å². The van der Waals surface area contributed by atoms with Crippen LogP contribution in [-0.4, -0.2) is 0 Å². The van der Waals surface area contributed by atoms with E-state index in [1.165, 1.54) is 59.9 Å². The Labute approximate surface area is 136 Å². The molecule has 2 aromatic rings. The average molecular weight is 294 g/mol. The molecule has 22 heavy (non-hydrogen) atoms. The van der Waals surface area contributed by atoms with Gasteiger partial charge in [-0.05, 0) is 79.8 Å². The minimum atomic E-state index is 1.25. The van der Waals surface area contributed by atoms with Gasteiger partial charge in [-0.15, -0.1) is 0 Å². The largest absolute Gasteiger partial charge is 0.0656 e. The van der Waals surface area contributed by atoms with Crippen LogP contribution in [0.3, 0.4) is 0 Å². The minimum Gasteiger partial charge on any atom is -0.0656 e. The Morgan fingerprint density at radius 3 is 2.18 bits per heavy atom. The molecule has 0 fully saturated rings. The van der Waals surface area contributed by atoms with E-state index in [9.17, 15) is 0 Å². The predicted molar refractivity (Wildman–Crippen MR) is 98.7 cm³/mol. The SMILES string of the molecule is CCC.Cc1ccc(-c2c(C)ccc3c2CCCC3)c(C)c1. The quantitative estimate of drug-likeness (QED) is 0.557. The number of rotatable bonds is 1. The molecule has 1 aliphatic rings. The highest BCUT2D eigenvalue weighted by Gasteiger charge is 2.17. The van der Waals surface area contributed by atoms with E-state index in [-0.39, 0.29) is 0 Å². The summed E-state index contributed by atoms with van der Waals surface area (Å²) in [5.41, 5.74) is 10.3. The molecule has 0 saturated heterocycles. The van der Waals surface area contributed by atoms with Gasteiger partial charge >= 0.3 is 0 Å². The summed E-state index contributed by atoms with van der Waals surface area (Å²) in [5.74, 6) is 0. The van der Waals surface area contributed by atoms with Crippen molar-refractivity contribution in [2.24, 2.45) is 0 Å². The summed E-state index contributed by atoms with van der Waals surface area (Å²) in [6.45, 7) is 10.9. The van der Waals surface area contributed by atoms with Crippen LogP contribution in [0.1, 0.15) is 60.9 Å². The lowest BCUT2D eigenvalue weighted by atomic mass is 9.82. The highest BCUT2D eigenvalue weighted by molar-refractivity contribution is 5.75. The Morgan fingerprint density at radius 1 is 0.818 bits per heavy atom. The molecule has 0 unspecified atom stereocenters. The van der Waals surface area contributed by atoms with Crippen LogP contribution < -0.4 is 0 Å². The Kier molecular flexibility index (Phi) is 5.83. The molecule has 0 nitrogen and oxygen atoms in total. The fourth-order valence-electron chi connectivity index (χ4n) is 3.41. The summed E-state index contributed by atoms with van der Waals surface area (Å²) < 4.78 is 0. The summed E-state index contributed by atoms with van der Waals surface area (Å²) in [7, 11) is 0. The molecule has 0 N–H and O–H groups in total. The second-order valence-electron chi connectivity index (χ2n) is 6.63. The lowest BCUT2D eigenvalue weighted by Gasteiger charge is -2.22. The van der Waals surface area contributed by atoms with Crippen molar-refractivity contribution in [1.82, 2.24) is 0 Å². The highest BCUT2D eigenvalue weighted by atomic mass is 14.2. The van der Waals surface area contributed by atoms with E-state index in [1.54, 1.807) is 11.1 Å². The van der Waals surface area contributed by atoms with Gasteiger partial charge in [0.2, 0.25) is 0 Å². The van der Waals surface area contributed by atoms with Crippen molar-refractivity contribution in [1.29, 1.82) is 0 Å². The Bertz CT molecular complexity index is 635. The standard InChI is InChI=1S/C19H22.C3H8/c1-13-8-11-17(15(3)12-13)19-14(2)9-10-16-6-4-5-7-18(16)19;1-3-2/h8-12H,4-7H2,1-3H3;3H2,1-2H3. The summed E-state index contributed by atoms with van der Waals surface area (Å²) in [4.78, 5) is 0. The zero-order valence-electron chi connectivity index (χ0n) is 14.9. The summed E-state index contributed by atoms with van der Waals surface area (Å²) >= 11 is 0. The molecule has 0 spiro atoms. The van der Waals surface area contributed by atoms with Crippen molar-refractivity contribution < 1.29 is 0 Å². The third-order valence-corrected chi connectivity index (χ3v) is 4.39. The fourth-order valence-corrected chi connectivity index (χ4v) is 3.41. The smallest absolute Gasteiger partial charge is 0.0117 e. The van der Waals surface area contributed by atoms with E-state index in [2.05, 4.69) is 65.0 Å². The first-order valence-corrected chi connectivity index (χ1v) is 8.77. The van der Waals surface area contributed by atoms with Crippen molar-refractivity contribution in [3.63, 3.8) is 0 Å². The molecular formula is C22H30. The second-order valence-corrected chi connectivity index (χ2v) is 6.63. The van der Waals surface area contributed by atoms with Gasteiger partial charge in [0.05, 0.1) is 0 Å². The molecule has 0 saturated carbocycles. The molecule has 0 atom stereocenters. The van der Waals surface area contributed by atoms with E-state index in [4.69, 9.17) is 0 Å². The van der Waals surface area contributed by atoms with Crippen molar-refractivity contribution in [3.8, 4) is 11.1 Å². The van der Waals surface area contributed by atoms with E-state index in [0.717, 1.165) is 0 Å². The molecule has 0 amide bonds. The Hall–Kier alpha value is -1.56. The zero-order valence-corrected chi connectivity index (χ0v) is 14.9. The zero-order chi connectivity index (χ0) is 16.1. The molecule has 0 aliphatic heterocycles. The molecule has 0 aromatic heterocycles. The molecule has 3 rings (SSSR count). The fraction of sp³-hybridized carbons (Fsp3) is 0.455. The van der Waals surface area contributed by atoms with Gasteiger partial charge in [-0.3, -0.25) is 0 Å². The van der Waals surface area contributed by atoms with E-state index in [0.29, 0.717) is 0 Å². The first-order chi connectivity index (χ1) is 10.6. The average Bonchev–Trinajstić information content (AvgIpc) is 2.49. The van der Waals surface area contributed by atoms with Crippen LogP contribution in [0, 0.1) is 20.8 Å². The van der Waals surface area contributed by atoms with Gasteiger partial charge < -0.3 is 0 Å². The Balaban J connectivity index is 0.000000545. The van der Waals surface area contributed by atoms with E-state index >= 15 is 0 Å². The predicted octanol–water partition coefficient (Wildman–Crippen LogP) is 6.57. The van der Waals surface area contributed by atoms with Crippen LogP contribution in [0.2, 0.25) is 0 Å². The second kappa shape index (κ2) is 7.63. The maximum Gasteiger partial charge on any atom is -0.0117 e. The first-order valence-electron chi connectivity index (χ1n) is 8.77. The van der Waals surface area contributed by atoms with Crippen LogP contribution in [0.15, 0.2) is 30.3 Å². The number of fused-ring (bicyclic) bond motifs is 1. The lowest BCUT2D eigenvalue weighted by molar-refractivity contribution is 0.686. The topological polar surface area (TPSA) is 0 Å². The summed E-state index contributed by atoms with van der Waals surface area (Å²) in [5, 5.41) is 0. The van der Waals surface area contributed by atoms with Gasteiger partial charge in [-0.25, -0.2) is 0 Å². The molecule has 118 valence electrons. The van der Waals surface area contributed by atoms with Crippen molar-refractivity contribution in [3.05, 3.63) is 58.1 Å². The highest BCUT2D eigenvalue weighted by Crippen LogP contribution is 2.36. The molecule has 0 bridgehead atoms. The maximum atomic E-state index is 2.34. The van der Waals surface area contributed by atoms with Crippen molar-refractivity contribution in [2.45, 2.75) is 66.7 Å². The molecular weight excluding hydrogens is 264 g/mol. The third kappa shape index (κ3) is 3.61. The number of hydrogen-bond donors (Lipinski definition) is 0. The van der Waals surface area contributed by atoms with Gasteiger partial charge in [0.15, 0.2) is 0 Å².